The number of aryl methyl sites for hydroxylation is 1. The first kappa shape index (κ1) is 21.6. The van der Waals surface area contributed by atoms with Crippen LogP contribution >= 0.6 is 15.9 Å². The maximum absolute atomic E-state index is 13.5. The molecule has 1 heterocycles. The second-order valence-corrected chi connectivity index (χ2v) is 7.09. The highest BCUT2D eigenvalue weighted by Gasteiger charge is 2.37. The minimum atomic E-state index is -4.75. The Balaban J connectivity index is 2.03. The van der Waals surface area contributed by atoms with E-state index in [0.717, 1.165) is 10.0 Å². The van der Waals surface area contributed by atoms with Crippen molar-refractivity contribution < 1.29 is 22.7 Å². The van der Waals surface area contributed by atoms with Crippen LogP contribution in [-0.2, 0) is 6.18 Å². The van der Waals surface area contributed by atoms with Gasteiger partial charge in [-0.25, -0.2) is 4.98 Å². The Morgan fingerprint density at radius 3 is 2.60 bits per heavy atom. The average Bonchev–Trinajstić information content (AvgIpc) is 2.70. The summed E-state index contributed by atoms with van der Waals surface area (Å²) in [7, 11) is 1.41. The molecule has 2 N–H and O–H groups in total. The molecule has 0 aliphatic rings. The topological polar surface area (TPSA) is 76.1 Å². The normalized spacial score (nSPS) is 11.1. The van der Waals surface area contributed by atoms with Gasteiger partial charge in [0.05, 0.1) is 5.56 Å². The predicted octanol–water partition coefficient (Wildman–Crippen LogP) is 5.46. The number of halogens is 4. The van der Waals surface area contributed by atoms with Crippen molar-refractivity contribution in [1.82, 2.24) is 15.3 Å². The van der Waals surface area contributed by atoms with Gasteiger partial charge in [-0.1, -0.05) is 34.1 Å². The van der Waals surface area contributed by atoms with Gasteiger partial charge in [-0.05, 0) is 36.8 Å². The number of carbonyl (C=O) groups is 1. The lowest BCUT2D eigenvalue weighted by Gasteiger charge is -2.16. The molecule has 0 saturated carbocycles. The third kappa shape index (κ3) is 4.88. The van der Waals surface area contributed by atoms with Crippen LogP contribution in [0.15, 0.2) is 53.1 Å². The van der Waals surface area contributed by atoms with Crippen LogP contribution in [0, 0.1) is 6.92 Å². The fraction of sp³-hybridized carbons (Fsp3) is 0.150. The maximum Gasteiger partial charge on any atom is 0.423 e. The lowest BCUT2D eigenvalue weighted by atomic mass is 10.2. The minimum absolute atomic E-state index is 0.0642. The number of hydrogen-bond donors (Lipinski definition) is 2. The van der Waals surface area contributed by atoms with Crippen molar-refractivity contribution in [2.24, 2.45) is 0 Å². The van der Waals surface area contributed by atoms with Gasteiger partial charge >= 0.3 is 6.18 Å². The summed E-state index contributed by atoms with van der Waals surface area (Å²) in [5, 5.41) is 5.30. The lowest BCUT2D eigenvalue weighted by Crippen LogP contribution is -2.19. The van der Waals surface area contributed by atoms with Crippen molar-refractivity contribution in [3.8, 4) is 11.6 Å². The Kier molecular flexibility index (Phi) is 6.25. The minimum Gasteiger partial charge on any atom is -0.437 e. The molecule has 156 valence electrons. The van der Waals surface area contributed by atoms with Crippen molar-refractivity contribution in [3.05, 3.63) is 69.8 Å². The molecule has 2 aromatic carbocycles. The lowest BCUT2D eigenvalue weighted by molar-refractivity contribution is -0.139. The Morgan fingerprint density at radius 1 is 1.17 bits per heavy atom. The van der Waals surface area contributed by atoms with E-state index in [0.29, 0.717) is 11.9 Å². The number of nitrogens with one attached hydrogen (secondary N) is 2. The SMILES string of the molecule is CNC(=O)c1ccccc1Oc1nc(Nc2cc(Br)ccc2C)ncc1C(F)(F)F. The molecule has 3 aromatic rings. The molecule has 0 aliphatic heterocycles. The zero-order valence-corrected chi connectivity index (χ0v) is 17.4. The largest absolute Gasteiger partial charge is 0.437 e. The van der Waals surface area contributed by atoms with Gasteiger partial charge in [0, 0.05) is 23.4 Å². The highest BCUT2D eigenvalue weighted by Crippen LogP contribution is 2.38. The fourth-order valence-corrected chi connectivity index (χ4v) is 2.89. The molecular weight excluding hydrogens is 465 g/mol. The first-order valence-electron chi connectivity index (χ1n) is 8.65. The zero-order valence-electron chi connectivity index (χ0n) is 15.8. The number of amides is 1. The van der Waals surface area contributed by atoms with E-state index in [1.807, 2.05) is 19.1 Å². The van der Waals surface area contributed by atoms with Gasteiger partial charge in [0.25, 0.3) is 5.91 Å². The van der Waals surface area contributed by atoms with Crippen LogP contribution in [0.1, 0.15) is 21.5 Å². The van der Waals surface area contributed by atoms with Gasteiger partial charge in [0.15, 0.2) is 0 Å². The van der Waals surface area contributed by atoms with Gasteiger partial charge in [-0.3, -0.25) is 4.79 Å². The molecule has 1 amide bonds. The molecule has 0 aliphatic carbocycles. The molecule has 3 rings (SSSR count). The number of alkyl halides is 3. The molecule has 30 heavy (non-hydrogen) atoms. The van der Waals surface area contributed by atoms with Gasteiger partial charge in [0.2, 0.25) is 11.8 Å². The third-order valence-corrected chi connectivity index (χ3v) is 4.56. The van der Waals surface area contributed by atoms with Crippen molar-refractivity contribution in [1.29, 1.82) is 0 Å². The van der Waals surface area contributed by atoms with Crippen molar-refractivity contribution in [2.45, 2.75) is 13.1 Å². The number of ether oxygens (including phenoxy) is 1. The van der Waals surface area contributed by atoms with Gasteiger partial charge in [-0.2, -0.15) is 18.2 Å². The van der Waals surface area contributed by atoms with Crippen LogP contribution in [-0.4, -0.2) is 22.9 Å². The summed E-state index contributed by atoms with van der Waals surface area (Å²) in [6.45, 7) is 1.83. The Hall–Kier alpha value is -3.14. The number of aromatic nitrogens is 2. The summed E-state index contributed by atoms with van der Waals surface area (Å²) in [5.41, 5.74) is 0.366. The highest BCUT2D eigenvalue weighted by molar-refractivity contribution is 9.10. The van der Waals surface area contributed by atoms with Crippen LogP contribution in [0.4, 0.5) is 24.8 Å². The average molecular weight is 481 g/mol. The monoisotopic (exact) mass is 480 g/mol. The van der Waals surface area contributed by atoms with E-state index in [1.54, 1.807) is 18.2 Å². The van der Waals surface area contributed by atoms with Crippen molar-refractivity contribution in [2.75, 3.05) is 12.4 Å². The van der Waals surface area contributed by atoms with E-state index in [1.165, 1.54) is 19.2 Å². The van der Waals surface area contributed by atoms with E-state index < -0.39 is 23.5 Å². The molecule has 0 fully saturated rings. The summed E-state index contributed by atoms with van der Waals surface area (Å²) in [6, 6.07) is 11.3. The number of benzene rings is 2. The zero-order chi connectivity index (χ0) is 21.9. The van der Waals surface area contributed by atoms with Crippen LogP contribution in [0.3, 0.4) is 0 Å². The second kappa shape index (κ2) is 8.70. The first-order valence-corrected chi connectivity index (χ1v) is 9.44. The predicted molar refractivity (Wildman–Crippen MR) is 109 cm³/mol. The summed E-state index contributed by atoms with van der Waals surface area (Å²) < 4.78 is 46.7. The van der Waals surface area contributed by atoms with Crippen molar-refractivity contribution >= 4 is 33.5 Å². The quantitative estimate of drug-likeness (QED) is 0.506. The number of nitrogens with zero attached hydrogens (tertiary/aromatic N) is 2. The standard InChI is InChI=1S/C20H16BrF3N4O2/c1-11-7-8-12(21)9-15(11)27-19-26-10-14(20(22,23)24)18(28-19)30-16-6-4-3-5-13(16)17(29)25-2/h3-10H,1-2H3,(H,25,29)(H,26,27,28). The molecule has 0 bridgehead atoms. The molecule has 1 aromatic heterocycles. The Morgan fingerprint density at radius 2 is 1.90 bits per heavy atom. The molecule has 0 radical (unpaired) electrons. The molecule has 6 nitrogen and oxygen atoms in total. The van der Waals surface area contributed by atoms with E-state index in [9.17, 15) is 18.0 Å². The van der Waals surface area contributed by atoms with E-state index in [4.69, 9.17) is 4.74 Å². The van der Waals surface area contributed by atoms with E-state index >= 15 is 0 Å². The van der Waals surface area contributed by atoms with Gasteiger partial charge in [0.1, 0.15) is 11.3 Å². The summed E-state index contributed by atoms with van der Waals surface area (Å²) in [4.78, 5) is 19.7. The number of carbonyl (C=O) groups excluding carboxylic acids is 1. The number of anilines is 2. The molecule has 0 spiro atoms. The second-order valence-electron chi connectivity index (χ2n) is 6.17. The molecule has 10 heteroatoms. The number of hydrogen-bond acceptors (Lipinski definition) is 5. The molecule has 0 atom stereocenters. The van der Waals surface area contributed by atoms with Gasteiger partial charge in [-0.15, -0.1) is 0 Å². The summed E-state index contributed by atoms with van der Waals surface area (Å²) in [6.07, 6.45) is -4.11. The Bertz CT molecular complexity index is 1090. The third-order valence-electron chi connectivity index (χ3n) is 4.07. The number of rotatable bonds is 5. The maximum atomic E-state index is 13.5. The molecular formula is C20H16BrF3N4O2. The highest BCUT2D eigenvalue weighted by atomic mass is 79.9. The smallest absolute Gasteiger partial charge is 0.423 e. The molecule has 0 saturated heterocycles. The van der Waals surface area contributed by atoms with E-state index in [2.05, 4.69) is 36.5 Å². The van der Waals surface area contributed by atoms with Crippen LogP contribution < -0.4 is 15.4 Å². The van der Waals surface area contributed by atoms with Crippen LogP contribution in [0.25, 0.3) is 0 Å². The van der Waals surface area contributed by atoms with Crippen molar-refractivity contribution in [3.63, 3.8) is 0 Å². The van der Waals surface area contributed by atoms with E-state index in [-0.39, 0.29) is 17.3 Å². The summed E-state index contributed by atoms with van der Waals surface area (Å²) in [5.74, 6) is -1.37. The number of para-hydroxylation sites is 1. The summed E-state index contributed by atoms with van der Waals surface area (Å²) >= 11 is 3.34. The van der Waals surface area contributed by atoms with Crippen LogP contribution in [0.2, 0.25) is 0 Å². The fourth-order valence-electron chi connectivity index (χ4n) is 2.53. The molecule has 0 unspecified atom stereocenters. The first-order chi connectivity index (χ1) is 14.2. The van der Waals surface area contributed by atoms with Gasteiger partial charge < -0.3 is 15.4 Å². The Labute approximate surface area is 178 Å². The van der Waals surface area contributed by atoms with Crippen LogP contribution in [0.5, 0.6) is 11.6 Å².